The number of benzene rings is 1. The molecule has 5 nitrogen and oxygen atoms in total. The normalized spacial score (nSPS) is 17.4. The van der Waals surface area contributed by atoms with Crippen molar-refractivity contribution < 1.29 is 14.3 Å². The Morgan fingerprint density at radius 3 is 2.73 bits per heavy atom. The summed E-state index contributed by atoms with van der Waals surface area (Å²) in [5.41, 5.74) is -0.165. The van der Waals surface area contributed by atoms with E-state index >= 15 is 0 Å². The van der Waals surface area contributed by atoms with Gasteiger partial charge in [0.2, 0.25) is 5.91 Å². The van der Waals surface area contributed by atoms with Crippen molar-refractivity contribution in [1.82, 2.24) is 10.2 Å². The minimum Gasteiger partial charge on any atom is -0.486 e. The Kier molecular flexibility index (Phi) is 5.29. The van der Waals surface area contributed by atoms with E-state index in [1.54, 1.807) is 0 Å². The highest BCUT2D eigenvalue weighted by atomic mass is 16.6. The van der Waals surface area contributed by atoms with E-state index in [0.29, 0.717) is 19.7 Å². The maximum absolute atomic E-state index is 12.0. The van der Waals surface area contributed by atoms with E-state index in [2.05, 4.69) is 12.2 Å². The summed E-state index contributed by atoms with van der Waals surface area (Å²) in [4.78, 5) is 14.0. The number of ether oxygens (including phenoxy) is 2. The fourth-order valence-corrected chi connectivity index (χ4v) is 2.32. The fraction of sp³-hybridized carbons (Fsp3) is 0.588. The molecule has 1 atom stereocenters. The molecule has 122 valence electrons. The van der Waals surface area contributed by atoms with Gasteiger partial charge in [-0.3, -0.25) is 9.69 Å². The number of nitrogens with one attached hydrogen (secondary N) is 1. The van der Waals surface area contributed by atoms with Gasteiger partial charge in [0.25, 0.3) is 0 Å². The Morgan fingerprint density at radius 1 is 1.36 bits per heavy atom. The lowest BCUT2D eigenvalue weighted by molar-refractivity contribution is -0.123. The molecule has 0 aliphatic carbocycles. The van der Waals surface area contributed by atoms with Gasteiger partial charge in [-0.2, -0.15) is 0 Å². The molecule has 1 heterocycles. The largest absolute Gasteiger partial charge is 0.486 e. The topological polar surface area (TPSA) is 50.8 Å². The molecular formula is C17H26N2O3. The molecule has 0 saturated heterocycles. The van der Waals surface area contributed by atoms with Crippen molar-refractivity contribution in [2.75, 3.05) is 26.7 Å². The van der Waals surface area contributed by atoms with Crippen LogP contribution in [0.25, 0.3) is 0 Å². The minimum absolute atomic E-state index is 0.0338. The van der Waals surface area contributed by atoms with Gasteiger partial charge in [-0.05, 0) is 39.4 Å². The van der Waals surface area contributed by atoms with E-state index in [-0.39, 0.29) is 17.6 Å². The van der Waals surface area contributed by atoms with E-state index < -0.39 is 0 Å². The van der Waals surface area contributed by atoms with E-state index in [9.17, 15) is 4.79 Å². The number of hydrogen-bond donors (Lipinski definition) is 1. The molecule has 0 radical (unpaired) electrons. The van der Waals surface area contributed by atoms with Gasteiger partial charge in [0, 0.05) is 12.1 Å². The van der Waals surface area contributed by atoms with Crippen molar-refractivity contribution in [3.8, 4) is 11.5 Å². The second kappa shape index (κ2) is 7.01. The van der Waals surface area contributed by atoms with Crippen LogP contribution in [0.15, 0.2) is 24.3 Å². The summed E-state index contributed by atoms with van der Waals surface area (Å²) in [6.45, 7) is 7.62. The molecule has 1 aliphatic rings. The molecule has 0 aromatic heterocycles. The molecule has 1 aromatic carbocycles. The average Bonchev–Trinajstić information content (AvgIpc) is 2.46. The van der Waals surface area contributed by atoms with Crippen LogP contribution in [0.2, 0.25) is 0 Å². The highest BCUT2D eigenvalue weighted by Gasteiger charge is 2.24. The molecule has 1 aromatic rings. The zero-order valence-corrected chi connectivity index (χ0v) is 13.9. The first-order valence-electron chi connectivity index (χ1n) is 7.77. The van der Waals surface area contributed by atoms with Gasteiger partial charge < -0.3 is 14.8 Å². The fourth-order valence-electron chi connectivity index (χ4n) is 2.32. The lowest BCUT2D eigenvalue weighted by Crippen LogP contribution is -2.48. The monoisotopic (exact) mass is 306 g/mol. The first-order valence-corrected chi connectivity index (χ1v) is 7.77. The summed E-state index contributed by atoms with van der Waals surface area (Å²) in [5.74, 6) is 1.58. The summed E-state index contributed by atoms with van der Waals surface area (Å²) >= 11 is 0. The van der Waals surface area contributed by atoms with E-state index in [4.69, 9.17) is 9.47 Å². The second-order valence-corrected chi connectivity index (χ2v) is 6.48. The Hall–Kier alpha value is -1.75. The molecule has 1 aliphatic heterocycles. The minimum atomic E-state index is -0.165. The third-order valence-electron chi connectivity index (χ3n) is 3.86. The maximum Gasteiger partial charge on any atom is 0.234 e. The molecule has 0 spiro atoms. The highest BCUT2D eigenvalue weighted by Crippen LogP contribution is 2.30. The number of carbonyl (C=O) groups excluding carboxylic acids is 1. The highest BCUT2D eigenvalue weighted by molar-refractivity contribution is 5.78. The molecule has 22 heavy (non-hydrogen) atoms. The van der Waals surface area contributed by atoms with Crippen LogP contribution in [-0.4, -0.2) is 49.2 Å². The third-order valence-corrected chi connectivity index (χ3v) is 3.86. The summed E-state index contributed by atoms with van der Waals surface area (Å²) in [6.07, 6.45) is 0.839. The van der Waals surface area contributed by atoms with Crippen LogP contribution >= 0.6 is 0 Å². The van der Waals surface area contributed by atoms with Crippen molar-refractivity contribution in [3.63, 3.8) is 0 Å². The molecule has 2 rings (SSSR count). The van der Waals surface area contributed by atoms with Gasteiger partial charge in [-0.15, -0.1) is 0 Å². The van der Waals surface area contributed by atoms with Gasteiger partial charge in [-0.1, -0.05) is 19.1 Å². The number of amides is 1. The first-order chi connectivity index (χ1) is 10.4. The molecule has 1 N–H and O–H groups in total. The van der Waals surface area contributed by atoms with Gasteiger partial charge in [-0.25, -0.2) is 0 Å². The average molecular weight is 306 g/mol. The Morgan fingerprint density at radius 2 is 2.05 bits per heavy atom. The number of carbonyl (C=O) groups is 1. The number of likely N-dealkylation sites (N-methyl/N-ethyl adjacent to an activating group) is 1. The van der Waals surface area contributed by atoms with E-state index in [0.717, 1.165) is 17.9 Å². The molecule has 0 saturated carbocycles. The summed E-state index contributed by atoms with van der Waals surface area (Å²) in [6, 6.07) is 7.65. The van der Waals surface area contributed by atoms with Crippen molar-refractivity contribution >= 4 is 5.91 Å². The third kappa shape index (κ3) is 4.63. The zero-order chi connectivity index (χ0) is 16.2. The molecule has 0 fully saturated rings. The number of rotatable bonds is 6. The van der Waals surface area contributed by atoms with E-state index in [1.807, 2.05) is 50.1 Å². The Balaban J connectivity index is 1.81. The molecular weight excluding hydrogens is 280 g/mol. The second-order valence-electron chi connectivity index (χ2n) is 6.48. The Labute approximate surface area is 132 Å². The predicted octanol–water partition coefficient (Wildman–Crippen LogP) is 2.06. The molecule has 1 amide bonds. The molecule has 1 unspecified atom stereocenters. The summed E-state index contributed by atoms with van der Waals surface area (Å²) < 4.78 is 11.6. The van der Waals surface area contributed by atoms with Crippen LogP contribution in [-0.2, 0) is 4.79 Å². The van der Waals surface area contributed by atoms with Crippen LogP contribution < -0.4 is 14.8 Å². The summed E-state index contributed by atoms with van der Waals surface area (Å²) in [7, 11) is 1.92. The van der Waals surface area contributed by atoms with E-state index in [1.165, 1.54) is 0 Å². The molecule has 5 heteroatoms. The van der Waals surface area contributed by atoms with Crippen LogP contribution in [0.3, 0.4) is 0 Å². The van der Waals surface area contributed by atoms with Crippen LogP contribution in [0.1, 0.15) is 27.2 Å². The van der Waals surface area contributed by atoms with Crippen molar-refractivity contribution in [1.29, 1.82) is 0 Å². The smallest absolute Gasteiger partial charge is 0.234 e. The number of para-hydroxylation sites is 2. The standard InChI is InChI=1S/C17H26N2O3/c1-5-17(2,3)18-16(20)11-19(4)10-13-12-21-14-8-6-7-9-15(14)22-13/h6-9,13H,5,10-12H2,1-4H3,(H,18,20). The lowest BCUT2D eigenvalue weighted by atomic mass is 10.0. The van der Waals surface area contributed by atoms with Crippen LogP contribution in [0.4, 0.5) is 0 Å². The van der Waals surface area contributed by atoms with Gasteiger partial charge in [0.15, 0.2) is 11.5 Å². The number of nitrogens with zero attached hydrogens (tertiary/aromatic N) is 1. The van der Waals surface area contributed by atoms with Crippen molar-refractivity contribution in [2.24, 2.45) is 0 Å². The number of hydrogen-bond acceptors (Lipinski definition) is 4. The lowest BCUT2D eigenvalue weighted by Gasteiger charge is -2.30. The Bertz CT molecular complexity index is 516. The molecule has 0 bridgehead atoms. The van der Waals surface area contributed by atoms with Gasteiger partial charge >= 0.3 is 0 Å². The van der Waals surface area contributed by atoms with Gasteiger partial charge in [0.1, 0.15) is 12.7 Å². The number of fused-ring (bicyclic) bond motifs is 1. The zero-order valence-electron chi connectivity index (χ0n) is 13.9. The quantitative estimate of drug-likeness (QED) is 0.874. The van der Waals surface area contributed by atoms with Gasteiger partial charge in [0.05, 0.1) is 6.54 Å². The SMILES string of the molecule is CCC(C)(C)NC(=O)CN(C)CC1COc2ccccc2O1. The summed E-state index contributed by atoms with van der Waals surface area (Å²) in [5, 5.41) is 3.04. The van der Waals surface area contributed by atoms with Crippen LogP contribution in [0.5, 0.6) is 11.5 Å². The maximum atomic E-state index is 12.0. The van der Waals surface area contributed by atoms with Crippen molar-refractivity contribution in [3.05, 3.63) is 24.3 Å². The van der Waals surface area contributed by atoms with Crippen LogP contribution in [0, 0.1) is 0 Å². The first kappa shape index (κ1) is 16.6. The van der Waals surface area contributed by atoms with Crippen molar-refractivity contribution in [2.45, 2.75) is 38.8 Å². The predicted molar refractivity (Wildman–Crippen MR) is 86.4 cm³/mol.